The third-order valence-electron chi connectivity index (χ3n) is 5.93. The smallest absolute Gasteiger partial charge is 0.255 e. The van der Waals surface area contributed by atoms with Crippen LogP contribution in [0.15, 0.2) is 72.9 Å². The molecule has 170 valence electrons. The van der Waals surface area contributed by atoms with Gasteiger partial charge in [-0.15, -0.1) is 0 Å². The molecule has 6 heteroatoms. The van der Waals surface area contributed by atoms with E-state index in [-0.39, 0.29) is 17.2 Å². The van der Waals surface area contributed by atoms with Crippen LogP contribution in [0.4, 0.5) is 11.5 Å². The minimum atomic E-state index is -0.155. The third kappa shape index (κ3) is 5.40. The highest BCUT2D eigenvalue weighted by molar-refractivity contribution is 6.04. The zero-order chi connectivity index (χ0) is 23.4. The van der Waals surface area contributed by atoms with Gasteiger partial charge in [-0.2, -0.15) is 0 Å². The molecular weight excluding hydrogens is 412 g/mol. The highest BCUT2D eigenvalue weighted by Gasteiger charge is 2.22. The Morgan fingerprint density at radius 3 is 2.06 bits per heavy atom. The lowest BCUT2D eigenvalue weighted by Crippen LogP contribution is -2.49. The Morgan fingerprint density at radius 2 is 1.48 bits per heavy atom. The highest BCUT2D eigenvalue weighted by Crippen LogP contribution is 2.23. The van der Waals surface area contributed by atoms with Crippen molar-refractivity contribution in [1.82, 2.24) is 9.88 Å². The van der Waals surface area contributed by atoms with E-state index in [4.69, 9.17) is 0 Å². The fourth-order valence-corrected chi connectivity index (χ4v) is 3.87. The van der Waals surface area contributed by atoms with Gasteiger partial charge in [-0.1, -0.05) is 51.1 Å². The Balaban J connectivity index is 1.32. The number of carbonyl (C=O) groups excluding carboxylic acids is 2. The van der Waals surface area contributed by atoms with Gasteiger partial charge in [0, 0.05) is 37.3 Å². The summed E-state index contributed by atoms with van der Waals surface area (Å²) in [6, 6.07) is 20.9. The zero-order valence-corrected chi connectivity index (χ0v) is 19.4. The maximum Gasteiger partial charge on any atom is 0.255 e. The van der Waals surface area contributed by atoms with Crippen molar-refractivity contribution in [1.29, 1.82) is 0 Å². The van der Waals surface area contributed by atoms with E-state index in [0.717, 1.165) is 24.5 Å². The van der Waals surface area contributed by atoms with Crippen molar-refractivity contribution >= 4 is 23.3 Å². The number of benzene rings is 2. The van der Waals surface area contributed by atoms with Gasteiger partial charge in [-0.05, 0) is 47.4 Å². The first-order valence-corrected chi connectivity index (χ1v) is 11.3. The monoisotopic (exact) mass is 442 g/mol. The van der Waals surface area contributed by atoms with E-state index < -0.39 is 0 Å². The fraction of sp³-hybridized carbons (Fsp3) is 0.296. The summed E-state index contributed by atoms with van der Waals surface area (Å²) in [6.45, 7) is 9.19. The summed E-state index contributed by atoms with van der Waals surface area (Å²) >= 11 is 0. The van der Waals surface area contributed by atoms with Crippen LogP contribution in [0.5, 0.6) is 0 Å². The van der Waals surface area contributed by atoms with Crippen LogP contribution in [0.25, 0.3) is 0 Å². The number of carbonyl (C=O) groups is 2. The number of piperazine rings is 1. The quantitative estimate of drug-likeness (QED) is 0.642. The molecule has 1 aliphatic heterocycles. The Bertz CT molecular complexity index is 1100. The molecule has 2 amide bonds. The predicted octanol–water partition coefficient (Wildman–Crippen LogP) is 4.59. The van der Waals surface area contributed by atoms with Crippen molar-refractivity contribution in [2.75, 3.05) is 36.4 Å². The van der Waals surface area contributed by atoms with Gasteiger partial charge in [0.1, 0.15) is 5.82 Å². The van der Waals surface area contributed by atoms with Gasteiger partial charge in [0.05, 0.1) is 11.9 Å². The molecule has 2 aromatic carbocycles. The van der Waals surface area contributed by atoms with Gasteiger partial charge < -0.3 is 15.1 Å². The van der Waals surface area contributed by atoms with Gasteiger partial charge in [0.2, 0.25) is 0 Å². The number of hydrogen-bond acceptors (Lipinski definition) is 4. The van der Waals surface area contributed by atoms with Gasteiger partial charge in [0.25, 0.3) is 11.8 Å². The first kappa shape index (κ1) is 22.5. The van der Waals surface area contributed by atoms with Crippen LogP contribution in [-0.4, -0.2) is 47.9 Å². The summed E-state index contributed by atoms with van der Waals surface area (Å²) in [5, 5.41) is 2.91. The maximum absolute atomic E-state index is 12.6. The number of hydrogen-bond donors (Lipinski definition) is 1. The SMILES string of the molecule is CC(C)(C)c1ccc(C(=O)Nc2ccc(N3CCN(C(=O)c4ccccc4)CC3)nc2)cc1. The Hall–Kier alpha value is -3.67. The lowest BCUT2D eigenvalue weighted by molar-refractivity contribution is 0.0746. The number of pyridine rings is 1. The molecule has 0 radical (unpaired) electrons. The molecule has 0 aliphatic carbocycles. The van der Waals surface area contributed by atoms with Crippen LogP contribution in [0.2, 0.25) is 0 Å². The largest absolute Gasteiger partial charge is 0.353 e. The molecule has 1 N–H and O–H groups in total. The standard InChI is InChI=1S/C27H30N4O2/c1-27(2,3)22-11-9-20(10-12-22)25(32)29-23-13-14-24(28-19-23)30-15-17-31(18-16-30)26(33)21-7-5-4-6-8-21/h4-14,19H,15-18H2,1-3H3,(H,29,32). The topological polar surface area (TPSA) is 65.5 Å². The summed E-state index contributed by atoms with van der Waals surface area (Å²) in [6.07, 6.45) is 1.68. The number of amides is 2. The average Bonchev–Trinajstić information content (AvgIpc) is 2.84. The lowest BCUT2D eigenvalue weighted by atomic mass is 9.87. The molecule has 6 nitrogen and oxygen atoms in total. The highest BCUT2D eigenvalue weighted by atomic mass is 16.2. The number of nitrogens with zero attached hydrogens (tertiary/aromatic N) is 3. The molecule has 0 bridgehead atoms. The molecule has 1 fully saturated rings. The molecule has 1 saturated heterocycles. The summed E-state index contributed by atoms with van der Waals surface area (Å²) in [4.78, 5) is 33.8. The van der Waals surface area contributed by atoms with Crippen molar-refractivity contribution in [2.24, 2.45) is 0 Å². The first-order chi connectivity index (χ1) is 15.8. The minimum absolute atomic E-state index is 0.0507. The molecular formula is C27H30N4O2. The van der Waals surface area contributed by atoms with E-state index in [1.165, 1.54) is 5.56 Å². The molecule has 1 aromatic heterocycles. The Labute approximate surface area is 195 Å². The molecule has 0 atom stereocenters. The summed E-state index contributed by atoms with van der Waals surface area (Å²) in [5.74, 6) is 0.754. The van der Waals surface area contributed by atoms with E-state index in [2.05, 4.69) is 36.0 Å². The first-order valence-electron chi connectivity index (χ1n) is 11.3. The minimum Gasteiger partial charge on any atom is -0.353 e. The summed E-state index contributed by atoms with van der Waals surface area (Å²) in [7, 11) is 0. The number of rotatable bonds is 4. The van der Waals surface area contributed by atoms with Crippen LogP contribution < -0.4 is 10.2 Å². The zero-order valence-electron chi connectivity index (χ0n) is 19.4. The second-order valence-electron chi connectivity index (χ2n) is 9.33. The normalized spacial score (nSPS) is 14.2. The van der Waals surface area contributed by atoms with Gasteiger partial charge >= 0.3 is 0 Å². The second kappa shape index (κ2) is 9.45. The predicted molar refractivity (Wildman–Crippen MR) is 132 cm³/mol. The van der Waals surface area contributed by atoms with Crippen molar-refractivity contribution in [3.8, 4) is 0 Å². The van der Waals surface area contributed by atoms with Crippen molar-refractivity contribution in [3.05, 3.63) is 89.6 Å². The van der Waals surface area contributed by atoms with Crippen LogP contribution in [-0.2, 0) is 5.41 Å². The fourth-order valence-electron chi connectivity index (χ4n) is 3.87. The van der Waals surface area contributed by atoms with E-state index in [1.54, 1.807) is 6.20 Å². The molecule has 33 heavy (non-hydrogen) atoms. The molecule has 4 rings (SSSR count). The summed E-state index contributed by atoms with van der Waals surface area (Å²) in [5.41, 5.74) is 3.23. The van der Waals surface area contributed by atoms with Crippen molar-refractivity contribution in [2.45, 2.75) is 26.2 Å². The summed E-state index contributed by atoms with van der Waals surface area (Å²) < 4.78 is 0. The maximum atomic E-state index is 12.6. The number of nitrogens with one attached hydrogen (secondary N) is 1. The van der Waals surface area contributed by atoms with Crippen LogP contribution >= 0.6 is 0 Å². The van der Waals surface area contributed by atoms with Gasteiger partial charge in [-0.3, -0.25) is 9.59 Å². The number of aromatic nitrogens is 1. The van der Waals surface area contributed by atoms with E-state index in [1.807, 2.05) is 71.6 Å². The Kier molecular flexibility index (Phi) is 6.45. The molecule has 3 aromatic rings. The average molecular weight is 443 g/mol. The molecule has 0 unspecified atom stereocenters. The van der Waals surface area contributed by atoms with Crippen LogP contribution in [0.3, 0.4) is 0 Å². The van der Waals surface area contributed by atoms with Crippen molar-refractivity contribution < 1.29 is 9.59 Å². The lowest BCUT2D eigenvalue weighted by Gasteiger charge is -2.35. The van der Waals surface area contributed by atoms with E-state index >= 15 is 0 Å². The molecule has 0 saturated carbocycles. The van der Waals surface area contributed by atoms with Gasteiger partial charge in [0.15, 0.2) is 0 Å². The van der Waals surface area contributed by atoms with Gasteiger partial charge in [-0.25, -0.2) is 4.98 Å². The second-order valence-corrected chi connectivity index (χ2v) is 9.33. The molecule has 1 aliphatic rings. The molecule has 0 spiro atoms. The third-order valence-corrected chi connectivity index (χ3v) is 5.93. The van der Waals surface area contributed by atoms with Crippen molar-refractivity contribution in [3.63, 3.8) is 0 Å². The Morgan fingerprint density at radius 1 is 0.818 bits per heavy atom. The molecule has 2 heterocycles. The van der Waals surface area contributed by atoms with E-state index in [9.17, 15) is 9.59 Å². The van der Waals surface area contributed by atoms with E-state index in [0.29, 0.717) is 24.3 Å². The van der Waals surface area contributed by atoms with Crippen LogP contribution in [0.1, 0.15) is 47.1 Å². The number of anilines is 2. The van der Waals surface area contributed by atoms with Crippen LogP contribution in [0, 0.1) is 0 Å².